The molecule has 3 rings (SSSR count). The van der Waals surface area contributed by atoms with Crippen molar-refractivity contribution in [2.45, 2.75) is 57.0 Å². The number of piperazine rings is 1. The van der Waals surface area contributed by atoms with E-state index >= 15 is 0 Å². The smallest absolute Gasteiger partial charge is 0.481 e. The Balaban J connectivity index is 1.72. The van der Waals surface area contributed by atoms with Gasteiger partial charge >= 0.3 is 12.3 Å². The highest BCUT2D eigenvalue weighted by Crippen LogP contribution is 2.28. The minimum Gasteiger partial charge on any atom is -0.481 e. The first kappa shape index (κ1) is 27.5. The predicted octanol–water partition coefficient (Wildman–Crippen LogP) is 3.37. The molecule has 2 aromatic carbocycles. The number of ether oxygens (including phenoxy) is 1. The molecule has 2 atom stereocenters. The van der Waals surface area contributed by atoms with Crippen LogP contribution in [0.25, 0.3) is 0 Å². The summed E-state index contributed by atoms with van der Waals surface area (Å²) in [5.74, 6) is -1.74. The molecule has 0 aliphatic carbocycles. The molecule has 1 N–H and O–H groups in total. The molecule has 0 aromatic heterocycles. The normalized spacial score (nSPS) is 19.2. The summed E-state index contributed by atoms with van der Waals surface area (Å²) in [7, 11) is -3.97. The van der Waals surface area contributed by atoms with Gasteiger partial charge in [-0.05, 0) is 61.7 Å². The fourth-order valence-corrected chi connectivity index (χ4v) is 6.41. The molecule has 0 spiro atoms. The molecule has 1 fully saturated rings. The number of carboxylic acid groups (broad SMARTS) is 1. The molecule has 1 aliphatic heterocycles. The summed E-state index contributed by atoms with van der Waals surface area (Å²) in [5, 5.41) is 9.08. The number of halogens is 3. The molecule has 1 unspecified atom stereocenters. The van der Waals surface area contributed by atoms with E-state index in [9.17, 15) is 31.2 Å². The van der Waals surface area contributed by atoms with E-state index in [1.807, 2.05) is 0 Å². The number of hydrogen-bond donors (Lipinski definition) is 1. The summed E-state index contributed by atoms with van der Waals surface area (Å²) < 4.78 is 69.1. The van der Waals surface area contributed by atoms with Crippen LogP contribution in [-0.2, 0) is 32.5 Å². The van der Waals surface area contributed by atoms with Crippen molar-refractivity contribution in [2.24, 2.45) is 0 Å². The van der Waals surface area contributed by atoms with E-state index in [-0.39, 0.29) is 42.5 Å². The van der Waals surface area contributed by atoms with Gasteiger partial charge in [0, 0.05) is 25.2 Å². The van der Waals surface area contributed by atoms with Crippen LogP contribution in [-0.4, -0.2) is 66.1 Å². The summed E-state index contributed by atoms with van der Waals surface area (Å²) in [6.07, 6.45) is -5.17. The molecule has 0 radical (unpaired) electrons. The molecule has 0 bridgehead atoms. The van der Waals surface area contributed by atoms with Gasteiger partial charge in [-0.2, -0.15) is 4.31 Å². The maximum absolute atomic E-state index is 13.5. The third kappa shape index (κ3) is 6.76. The standard InChI is InChI=1S/C24H27F3N2O6S/c1-15-8-19(12-23(31)32)10-21(9-15)36(33,34)29-16(2)13-28(14-17(29)3)22(30)11-18-4-6-20(7-5-18)35-24(25,26)27/h4-10,16-17H,11-14H2,1-3H3,(H,31,32)/t16-,17?/m0/s1. The van der Waals surface area contributed by atoms with Crippen molar-refractivity contribution >= 4 is 21.9 Å². The monoisotopic (exact) mass is 528 g/mol. The second-order valence-corrected chi connectivity index (χ2v) is 10.8. The van der Waals surface area contributed by atoms with Crippen molar-refractivity contribution in [1.29, 1.82) is 0 Å². The number of aryl methyl sites for hydroxylation is 1. The van der Waals surface area contributed by atoms with Gasteiger partial charge in [0.25, 0.3) is 0 Å². The van der Waals surface area contributed by atoms with E-state index in [1.54, 1.807) is 26.8 Å². The molecular formula is C24H27F3N2O6S. The van der Waals surface area contributed by atoms with Crippen LogP contribution in [0.5, 0.6) is 5.75 Å². The Morgan fingerprint density at radius 3 is 2.11 bits per heavy atom. The van der Waals surface area contributed by atoms with Crippen molar-refractivity contribution in [1.82, 2.24) is 9.21 Å². The predicted molar refractivity (Wildman–Crippen MR) is 124 cm³/mol. The summed E-state index contributed by atoms with van der Waals surface area (Å²) in [5.41, 5.74) is 1.49. The molecule has 1 saturated heterocycles. The Morgan fingerprint density at radius 2 is 1.58 bits per heavy atom. The van der Waals surface area contributed by atoms with Gasteiger partial charge in [-0.25, -0.2) is 8.42 Å². The number of sulfonamides is 1. The number of alkyl halides is 3. The molecule has 1 aliphatic rings. The van der Waals surface area contributed by atoms with Crippen molar-refractivity contribution < 1.29 is 41.0 Å². The van der Waals surface area contributed by atoms with Crippen LogP contribution >= 0.6 is 0 Å². The average Bonchev–Trinajstić information content (AvgIpc) is 2.72. The SMILES string of the molecule is Cc1cc(CC(=O)O)cc(S(=O)(=O)N2C(C)CN(C(=O)Cc3ccc(OC(F)(F)F)cc3)C[C@@H]2C)c1. The first-order valence-electron chi connectivity index (χ1n) is 11.1. The highest BCUT2D eigenvalue weighted by molar-refractivity contribution is 7.89. The Bertz CT molecular complexity index is 1220. The lowest BCUT2D eigenvalue weighted by atomic mass is 10.1. The molecule has 8 nitrogen and oxygen atoms in total. The van der Waals surface area contributed by atoms with Crippen LogP contribution < -0.4 is 4.74 Å². The van der Waals surface area contributed by atoms with Gasteiger partial charge in [-0.15, -0.1) is 13.2 Å². The summed E-state index contributed by atoms with van der Waals surface area (Å²) in [6.45, 7) is 5.32. The second-order valence-electron chi connectivity index (χ2n) is 8.93. The van der Waals surface area contributed by atoms with E-state index in [0.717, 1.165) is 12.1 Å². The number of aliphatic carboxylic acids is 1. The van der Waals surface area contributed by atoms with Crippen LogP contribution in [0.15, 0.2) is 47.4 Å². The fraction of sp³-hybridized carbons (Fsp3) is 0.417. The van der Waals surface area contributed by atoms with Crippen LogP contribution in [0.4, 0.5) is 13.2 Å². The van der Waals surface area contributed by atoms with Crippen molar-refractivity contribution in [3.63, 3.8) is 0 Å². The number of carbonyl (C=O) groups is 2. The van der Waals surface area contributed by atoms with E-state index in [1.165, 1.54) is 33.5 Å². The maximum Gasteiger partial charge on any atom is 0.573 e. The number of carboxylic acids is 1. The molecular weight excluding hydrogens is 501 g/mol. The van der Waals surface area contributed by atoms with Gasteiger partial charge < -0.3 is 14.7 Å². The zero-order chi connectivity index (χ0) is 26.8. The zero-order valence-corrected chi connectivity index (χ0v) is 20.8. The molecule has 1 amide bonds. The molecule has 196 valence electrons. The third-order valence-electron chi connectivity index (χ3n) is 5.74. The summed E-state index contributed by atoms with van der Waals surface area (Å²) in [4.78, 5) is 25.5. The first-order chi connectivity index (χ1) is 16.7. The molecule has 1 heterocycles. The number of rotatable bonds is 7. The second kappa shape index (κ2) is 10.5. The van der Waals surface area contributed by atoms with Crippen molar-refractivity contribution in [3.8, 4) is 5.75 Å². The minimum absolute atomic E-state index is 0.00149. The minimum atomic E-state index is -4.81. The van der Waals surface area contributed by atoms with Gasteiger partial charge in [0.05, 0.1) is 17.7 Å². The van der Waals surface area contributed by atoms with Gasteiger partial charge in [-0.3, -0.25) is 9.59 Å². The van der Waals surface area contributed by atoms with E-state index in [2.05, 4.69) is 4.74 Å². The number of amides is 1. The van der Waals surface area contributed by atoms with Crippen molar-refractivity contribution in [3.05, 3.63) is 59.2 Å². The van der Waals surface area contributed by atoms with Gasteiger partial charge in [0.15, 0.2) is 0 Å². The highest BCUT2D eigenvalue weighted by atomic mass is 32.2. The highest BCUT2D eigenvalue weighted by Gasteiger charge is 2.40. The number of nitrogens with zero attached hydrogens (tertiary/aromatic N) is 2. The largest absolute Gasteiger partial charge is 0.573 e. The van der Waals surface area contributed by atoms with Crippen LogP contribution in [0.3, 0.4) is 0 Å². The lowest BCUT2D eigenvalue weighted by molar-refractivity contribution is -0.274. The van der Waals surface area contributed by atoms with Gasteiger partial charge in [0.1, 0.15) is 5.75 Å². The third-order valence-corrected chi connectivity index (χ3v) is 7.85. The van der Waals surface area contributed by atoms with Crippen LogP contribution in [0, 0.1) is 6.92 Å². The Labute approximate surface area is 207 Å². The van der Waals surface area contributed by atoms with E-state index < -0.39 is 34.4 Å². The maximum atomic E-state index is 13.5. The molecule has 0 saturated carbocycles. The topological polar surface area (TPSA) is 104 Å². The lowest BCUT2D eigenvalue weighted by Crippen LogP contribution is -2.59. The van der Waals surface area contributed by atoms with E-state index in [4.69, 9.17) is 5.11 Å². The fourth-order valence-electron chi connectivity index (χ4n) is 4.45. The van der Waals surface area contributed by atoms with Gasteiger partial charge in [0.2, 0.25) is 15.9 Å². The Morgan fingerprint density at radius 1 is 1.00 bits per heavy atom. The van der Waals surface area contributed by atoms with Gasteiger partial charge in [-0.1, -0.05) is 18.2 Å². The number of hydrogen-bond acceptors (Lipinski definition) is 5. The molecule has 2 aromatic rings. The Kier molecular flexibility index (Phi) is 7.99. The molecule has 12 heteroatoms. The van der Waals surface area contributed by atoms with Crippen LogP contribution in [0.1, 0.15) is 30.5 Å². The summed E-state index contributed by atoms with van der Waals surface area (Å²) in [6, 6.07) is 8.36. The van der Waals surface area contributed by atoms with Crippen LogP contribution in [0.2, 0.25) is 0 Å². The Hall–Kier alpha value is -3.12. The lowest BCUT2D eigenvalue weighted by Gasteiger charge is -2.43. The molecule has 36 heavy (non-hydrogen) atoms. The average molecular weight is 529 g/mol. The number of carbonyl (C=O) groups excluding carboxylic acids is 1. The summed E-state index contributed by atoms with van der Waals surface area (Å²) >= 11 is 0. The van der Waals surface area contributed by atoms with Crippen molar-refractivity contribution in [2.75, 3.05) is 13.1 Å². The quantitative estimate of drug-likeness (QED) is 0.591. The number of benzene rings is 2. The zero-order valence-electron chi connectivity index (χ0n) is 19.9. The first-order valence-corrected chi connectivity index (χ1v) is 12.6. The van der Waals surface area contributed by atoms with E-state index in [0.29, 0.717) is 16.7 Å².